The summed E-state index contributed by atoms with van der Waals surface area (Å²) in [4.78, 5) is 32.9. The Morgan fingerprint density at radius 3 is 2.37 bits per heavy atom. The Bertz CT molecular complexity index is 571. The fraction of sp³-hybridized carbons (Fsp3) is 0.909. The van der Waals surface area contributed by atoms with E-state index in [1.807, 2.05) is 4.90 Å². The van der Waals surface area contributed by atoms with Gasteiger partial charge >= 0.3 is 12.1 Å². The summed E-state index contributed by atoms with van der Waals surface area (Å²) in [5.41, 5.74) is 0. The fourth-order valence-electron chi connectivity index (χ4n) is 4.94. The van der Waals surface area contributed by atoms with Gasteiger partial charge in [0, 0.05) is 45.3 Å². The minimum Gasteiger partial charge on any atom is -0.469 e. The van der Waals surface area contributed by atoms with E-state index in [1.54, 1.807) is 0 Å². The summed E-state index contributed by atoms with van der Waals surface area (Å²) >= 11 is 0. The first kappa shape index (κ1) is 23.3. The molecule has 172 valence electrons. The van der Waals surface area contributed by atoms with Crippen molar-refractivity contribution in [3.8, 4) is 0 Å². The minimum absolute atomic E-state index is 0.0786. The van der Waals surface area contributed by atoms with Crippen LogP contribution in [0.1, 0.15) is 46.5 Å². The maximum atomic E-state index is 12.5. The lowest BCUT2D eigenvalue weighted by Crippen LogP contribution is -2.53. The number of piperidine rings is 1. The van der Waals surface area contributed by atoms with Crippen molar-refractivity contribution in [3.05, 3.63) is 0 Å². The number of likely N-dealkylation sites (tertiary alicyclic amines) is 1. The molecule has 0 radical (unpaired) electrons. The Morgan fingerprint density at radius 1 is 1.10 bits per heavy atom. The third-order valence-corrected chi connectivity index (χ3v) is 7.14. The molecule has 3 saturated heterocycles. The standard InChI is InChI=1S/C22H40N4O4/c1-17(2)24-10-5-19(6-11-24)7-12-26-18(3)21(30-22(26)28)25-15-13-23(14-16-25)9-8-20(27)29-4/h17-19,21H,5-16H2,1-4H3. The number of ether oxygens (including phenoxy) is 2. The number of piperazine rings is 1. The van der Waals surface area contributed by atoms with E-state index in [1.165, 1.54) is 33.0 Å². The van der Waals surface area contributed by atoms with Crippen LogP contribution in [0.4, 0.5) is 4.79 Å². The molecule has 2 atom stereocenters. The van der Waals surface area contributed by atoms with Crippen LogP contribution in [0, 0.1) is 5.92 Å². The molecule has 3 rings (SSSR count). The maximum Gasteiger partial charge on any atom is 0.411 e. The number of esters is 1. The van der Waals surface area contributed by atoms with Crippen LogP contribution in [-0.4, -0.2) is 109 Å². The molecule has 3 aliphatic heterocycles. The first-order valence-corrected chi connectivity index (χ1v) is 11.6. The van der Waals surface area contributed by atoms with E-state index in [0.29, 0.717) is 18.4 Å². The maximum absolute atomic E-state index is 12.5. The topological polar surface area (TPSA) is 65.6 Å². The molecule has 8 nitrogen and oxygen atoms in total. The highest BCUT2D eigenvalue weighted by Crippen LogP contribution is 2.27. The lowest BCUT2D eigenvalue weighted by Gasteiger charge is -2.38. The summed E-state index contributed by atoms with van der Waals surface area (Å²) in [6.07, 6.45) is 3.62. The molecule has 3 aliphatic rings. The SMILES string of the molecule is COC(=O)CCN1CCN(C2OC(=O)N(CCC3CCN(C(C)C)CC3)C2C)CC1. The van der Waals surface area contributed by atoms with Gasteiger partial charge in [-0.15, -0.1) is 0 Å². The normalized spacial score (nSPS) is 27.6. The predicted molar refractivity (Wildman–Crippen MR) is 115 cm³/mol. The molecule has 0 bridgehead atoms. The molecule has 30 heavy (non-hydrogen) atoms. The zero-order valence-corrected chi connectivity index (χ0v) is 19.2. The molecule has 0 aliphatic carbocycles. The summed E-state index contributed by atoms with van der Waals surface area (Å²) in [7, 11) is 1.43. The smallest absolute Gasteiger partial charge is 0.411 e. The molecule has 0 N–H and O–H groups in total. The van der Waals surface area contributed by atoms with Crippen molar-refractivity contribution >= 4 is 12.1 Å². The Labute approximate surface area is 181 Å². The molecule has 3 fully saturated rings. The molecule has 0 aromatic carbocycles. The van der Waals surface area contributed by atoms with Crippen LogP contribution in [0.5, 0.6) is 0 Å². The number of hydrogen-bond donors (Lipinski definition) is 0. The summed E-state index contributed by atoms with van der Waals surface area (Å²) in [6, 6.07) is 0.705. The van der Waals surface area contributed by atoms with E-state index in [4.69, 9.17) is 9.47 Å². The van der Waals surface area contributed by atoms with Crippen LogP contribution >= 0.6 is 0 Å². The lowest BCUT2D eigenvalue weighted by atomic mass is 9.92. The van der Waals surface area contributed by atoms with Gasteiger partial charge in [0.05, 0.1) is 19.6 Å². The number of carbonyl (C=O) groups excluding carboxylic acids is 2. The summed E-state index contributed by atoms with van der Waals surface area (Å²) in [5, 5.41) is 0. The molecule has 0 saturated carbocycles. The number of nitrogens with zero attached hydrogens (tertiary/aromatic N) is 4. The zero-order valence-electron chi connectivity index (χ0n) is 19.2. The van der Waals surface area contributed by atoms with E-state index in [9.17, 15) is 9.59 Å². The first-order valence-electron chi connectivity index (χ1n) is 11.6. The average Bonchev–Trinajstić information content (AvgIpc) is 3.04. The van der Waals surface area contributed by atoms with Crippen molar-refractivity contribution in [3.63, 3.8) is 0 Å². The quantitative estimate of drug-likeness (QED) is 0.551. The molecule has 0 aromatic heterocycles. The van der Waals surface area contributed by atoms with Gasteiger partial charge in [-0.05, 0) is 59.0 Å². The molecule has 0 spiro atoms. The highest BCUT2D eigenvalue weighted by atomic mass is 16.6. The van der Waals surface area contributed by atoms with E-state index in [-0.39, 0.29) is 24.3 Å². The number of amides is 1. The Kier molecular flexibility index (Phi) is 8.36. The van der Waals surface area contributed by atoms with Crippen LogP contribution in [0.2, 0.25) is 0 Å². The second-order valence-corrected chi connectivity index (χ2v) is 9.27. The summed E-state index contributed by atoms with van der Waals surface area (Å²) in [6.45, 7) is 14.0. The second-order valence-electron chi connectivity index (χ2n) is 9.27. The Hall–Kier alpha value is -1.38. The third kappa shape index (κ3) is 5.86. The minimum atomic E-state index is -0.166. The zero-order chi connectivity index (χ0) is 21.7. The van der Waals surface area contributed by atoms with Crippen LogP contribution in [0.15, 0.2) is 0 Å². The molecule has 0 aromatic rings. The number of methoxy groups -OCH3 is 1. The third-order valence-electron chi connectivity index (χ3n) is 7.14. The van der Waals surface area contributed by atoms with Gasteiger partial charge < -0.3 is 24.2 Å². The van der Waals surface area contributed by atoms with E-state index >= 15 is 0 Å². The van der Waals surface area contributed by atoms with Gasteiger partial charge in [0.2, 0.25) is 0 Å². The van der Waals surface area contributed by atoms with Crippen LogP contribution in [-0.2, 0) is 14.3 Å². The predicted octanol–water partition coefficient (Wildman–Crippen LogP) is 1.84. The van der Waals surface area contributed by atoms with E-state index in [0.717, 1.165) is 45.7 Å². The van der Waals surface area contributed by atoms with Gasteiger partial charge in [0.1, 0.15) is 0 Å². The molecule has 8 heteroatoms. The van der Waals surface area contributed by atoms with E-state index in [2.05, 4.69) is 35.5 Å². The molecule has 3 heterocycles. The summed E-state index contributed by atoms with van der Waals surface area (Å²) in [5.74, 6) is 0.540. The number of hydrogen-bond acceptors (Lipinski definition) is 7. The van der Waals surface area contributed by atoms with Gasteiger partial charge in [-0.1, -0.05) is 0 Å². The molecular formula is C22H40N4O4. The fourth-order valence-corrected chi connectivity index (χ4v) is 4.94. The molecular weight excluding hydrogens is 384 g/mol. The molecule has 1 amide bonds. The van der Waals surface area contributed by atoms with Crippen molar-refractivity contribution in [1.29, 1.82) is 0 Å². The van der Waals surface area contributed by atoms with Crippen molar-refractivity contribution in [2.45, 2.75) is 64.8 Å². The largest absolute Gasteiger partial charge is 0.469 e. The lowest BCUT2D eigenvalue weighted by molar-refractivity contribution is -0.141. The number of rotatable bonds is 8. The van der Waals surface area contributed by atoms with Crippen molar-refractivity contribution in [2.75, 3.05) is 59.5 Å². The average molecular weight is 425 g/mol. The number of cyclic esters (lactones) is 1. The van der Waals surface area contributed by atoms with Gasteiger partial charge in [-0.3, -0.25) is 9.69 Å². The van der Waals surface area contributed by atoms with E-state index < -0.39 is 0 Å². The van der Waals surface area contributed by atoms with Gasteiger partial charge in [-0.25, -0.2) is 4.79 Å². The van der Waals surface area contributed by atoms with Crippen LogP contribution in [0.3, 0.4) is 0 Å². The Balaban J connectivity index is 1.41. The van der Waals surface area contributed by atoms with Crippen molar-refractivity contribution in [1.82, 2.24) is 19.6 Å². The van der Waals surface area contributed by atoms with Gasteiger partial charge in [0.25, 0.3) is 0 Å². The first-order chi connectivity index (χ1) is 14.4. The monoisotopic (exact) mass is 424 g/mol. The Morgan fingerprint density at radius 2 is 1.77 bits per heavy atom. The van der Waals surface area contributed by atoms with Crippen molar-refractivity contribution in [2.24, 2.45) is 5.92 Å². The number of carbonyl (C=O) groups is 2. The van der Waals surface area contributed by atoms with Gasteiger partial charge in [0.15, 0.2) is 6.23 Å². The van der Waals surface area contributed by atoms with Crippen LogP contribution < -0.4 is 0 Å². The summed E-state index contributed by atoms with van der Waals surface area (Å²) < 4.78 is 10.5. The highest BCUT2D eigenvalue weighted by Gasteiger charge is 2.42. The van der Waals surface area contributed by atoms with Crippen LogP contribution in [0.25, 0.3) is 0 Å². The molecule has 2 unspecified atom stereocenters. The highest BCUT2D eigenvalue weighted by molar-refractivity contribution is 5.70. The van der Waals surface area contributed by atoms with Gasteiger partial charge in [-0.2, -0.15) is 0 Å². The second kappa shape index (κ2) is 10.8. The van der Waals surface area contributed by atoms with Crippen molar-refractivity contribution < 1.29 is 19.1 Å².